The van der Waals surface area contributed by atoms with Gasteiger partial charge >= 0.3 is 0 Å². The molecule has 1 heterocycles. The lowest BCUT2D eigenvalue weighted by Gasteiger charge is -2.33. The van der Waals surface area contributed by atoms with Crippen LogP contribution in [0.2, 0.25) is 0 Å². The minimum Gasteiger partial charge on any atom is -0.497 e. The summed E-state index contributed by atoms with van der Waals surface area (Å²) < 4.78 is 38.0. The van der Waals surface area contributed by atoms with Gasteiger partial charge in [0, 0.05) is 30.8 Å². The number of hydrogen-bond acceptors (Lipinski definition) is 4. The number of halogens is 2. The van der Waals surface area contributed by atoms with Gasteiger partial charge in [0.25, 0.3) is 11.8 Å². The van der Waals surface area contributed by atoms with Crippen molar-refractivity contribution in [3.63, 3.8) is 0 Å². The highest BCUT2D eigenvalue weighted by Gasteiger charge is 2.56. The Morgan fingerprint density at radius 2 is 1.58 bits per heavy atom. The van der Waals surface area contributed by atoms with Gasteiger partial charge in [0.05, 0.1) is 19.8 Å². The van der Waals surface area contributed by atoms with E-state index in [0.717, 1.165) is 30.4 Å². The SMILES string of the molecule is COc1cc(OC)c(F)c(C(=O)NC2CC23CCN(C(=O)c2ccc(Cc4ccc(F)cc4)cc2)CC3)c1. The maximum Gasteiger partial charge on any atom is 0.254 e. The Hall–Kier alpha value is -3.94. The number of methoxy groups -OCH3 is 2. The Morgan fingerprint density at radius 3 is 2.18 bits per heavy atom. The van der Waals surface area contributed by atoms with Crippen LogP contribution in [0.15, 0.2) is 60.7 Å². The van der Waals surface area contributed by atoms with E-state index < -0.39 is 11.7 Å². The van der Waals surface area contributed by atoms with Crippen LogP contribution in [0.25, 0.3) is 0 Å². The maximum atomic E-state index is 14.7. The van der Waals surface area contributed by atoms with Crippen LogP contribution >= 0.6 is 0 Å². The Kier molecular flexibility index (Phi) is 7.06. The Balaban J connectivity index is 1.15. The number of nitrogens with zero attached hydrogens (tertiary/aromatic N) is 1. The fourth-order valence-corrected chi connectivity index (χ4v) is 5.29. The second-order valence-corrected chi connectivity index (χ2v) is 10.1. The first kappa shape index (κ1) is 25.7. The molecule has 1 aliphatic heterocycles. The van der Waals surface area contributed by atoms with Crippen LogP contribution < -0.4 is 14.8 Å². The molecule has 0 radical (unpaired) electrons. The summed E-state index contributed by atoms with van der Waals surface area (Å²) in [5, 5.41) is 2.96. The highest BCUT2D eigenvalue weighted by Crippen LogP contribution is 2.54. The minimum atomic E-state index is -0.718. The van der Waals surface area contributed by atoms with Gasteiger partial charge < -0.3 is 19.7 Å². The quantitative estimate of drug-likeness (QED) is 0.476. The second kappa shape index (κ2) is 10.4. The Morgan fingerprint density at radius 1 is 0.947 bits per heavy atom. The average molecular weight is 521 g/mol. The van der Waals surface area contributed by atoms with E-state index >= 15 is 0 Å². The molecule has 2 fully saturated rings. The number of nitrogens with one attached hydrogen (secondary N) is 1. The number of carbonyl (C=O) groups is 2. The predicted molar refractivity (Wildman–Crippen MR) is 139 cm³/mol. The van der Waals surface area contributed by atoms with Crippen LogP contribution in [0.4, 0.5) is 8.78 Å². The molecule has 1 atom stereocenters. The first-order valence-corrected chi connectivity index (χ1v) is 12.7. The zero-order valence-corrected chi connectivity index (χ0v) is 21.4. The van der Waals surface area contributed by atoms with Crippen molar-refractivity contribution < 1.29 is 27.8 Å². The van der Waals surface area contributed by atoms with E-state index in [9.17, 15) is 18.4 Å². The van der Waals surface area contributed by atoms with Crippen LogP contribution in [-0.2, 0) is 6.42 Å². The summed E-state index contributed by atoms with van der Waals surface area (Å²) in [4.78, 5) is 27.8. The first-order valence-electron chi connectivity index (χ1n) is 12.7. The van der Waals surface area contributed by atoms with Crippen molar-refractivity contribution in [3.05, 3.63) is 94.6 Å². The highest BCUT2D eigenvalue weighted by atomic mass is 19.1. The van der Waals surface area contributed by atoms with E-state index in [1.54, 1.807) is 12.1 Å². The van der Waals surface area contributed by atoms with Crippen molar-refractivity contribution >= 4 is 11.8 Å². The van der Waals surface area contributed by atoms with Crippen LogP contribution in [0.3, 0.4) is 0 Å². The monoisotopic (exact) mass is 520 g/mol. The molecule has 38 heavy (non-hydrogen) atoms. The molecule has 5 rings (SSSR count). The second-order valence-electron chi connectivity index (χ2n) is 10.1. The summed E-state index contributed by atoms with van der Waals surface area (Å²) in [6.07, 6.45) is 3.02. The van der Waals surface area contributed by atoms with Gasteiger partial charge in [-0.25, -0.2) is 8.78 Å². The van der Waals surface area contributed by atoms with Gasteiger partial charge in [-0.3, -0.25) is 9.59 Å². The molecule has 1 spiro atoms. The molecule has 0 bridgehead atoms. The highest BCUT2D eigenvalue weighted by molar-refractivity contribution is 5.96. The topological polar surface area (TPSA) is 67.9 Å². The molecule has 1 N–H and O–H groups in total. The van der Waals surface area contributed by atoms with E-state index in [2.05, 4.69) is 5.32 Å². The number of benzene rings is 3. The fraction of sp³-hybridized carbons (Fsp3) is 0.333. The summed E-state index contributed by atoms with van der Waals surface area (Å²) in [5.74, 6) is -1.20. The summed E-state index contributed by atoms with van der Waals surface area (Å²) >= 11 is 0. The van der Waals surface area contributed by atoms with Gasteiger partial charge in [0.15, 0.2) is 11.6 Å². The number of ether oxygens (including phenoxy) is 2. The molecule has 198 valence electrons. The smallest absolute Gasteiger partial charge is 0.254 e. The lowest BCUT2D eigenvalue weighted by molar-refractivity contribution is 0.0667. The van der Waals surface area contributed by atoms with Crippen molar-refractivity contribution in [3.8, 4) is 11.5 Å². The number of carbonyl (C=O) groups excluding carboxylic acids is 2. The van der Waals surface area contributed by atoms with Crippen molar-refractivity contribution in [2.45, 2.75) is 31.7 Å². The maximum absolute atomic E-state index is 14.7. The predicted octanol–water partition coefficient (Wildman–Crippen LogP) is 5.00. The number of likely N-dealkylation sites (tertiary alicyclic amines) is 1. The standard InChI is InChI=1S/C30H30F2N2O4/c1-37-23-16-24(27(32)25(17-23)38-2)28(35)33-26-18-30(26)11-13-34(14-12-30)29(36)21-7-3-19(4-8-21)15-20-5-9-22(31)10-6-20/h3-10,16-17,26H,11-15,18H2,1-2H3,(H,33,35). The van der Waals surface area contributed by atoms with E-state index in [-0.39, 0.29) is 34.5 Å². The largest absolute Gasteiger partial charge is 0.497 e. The molecule has 1 saturated heterocycles. The van der Waals surface area contributed by atoms with Gasteiger partial charge in [0.2, 0.25) is 0 Å². The zero-order valence-electron chi connectivity index (χ0n) is 21.4. The summed E-state index contributed by atoms with van der Waals surface area (Å²) in [6, 6.07) is 16.7. The molecular formula is C30H30F2N2O4. The molecule has 3 aromatic rings. The molecule has 1 saturated carbocycles. The van der Waals surface area contributed by atoms with Gasteiger partial charge in [-0.2, -0.15) is 0 Å². The number of amides is 2. The number of rotatable bonds is 7. The summed E-state index contributed by atoms with van der Waals surface area (Å²) in [7, 11) is 2.79. The van der Waals surface area contributed by atoms with E-state index in [1.807, 2.05) is 29.2 Å². The average Bonchev–Trinajstić information content (AvgIpc) is 3.60. The van der Waals surface area contributed by atoms with Crippen LogP contribution in [0, 0.1) is 17.0 Å². The number of hydrogen-bond donors (Lipinski definition) is 1. The zero-order chi connectivity index (χ0) is 26.9. The van der Waals surface area contributed by atoms with Crippen molar-refractivity contribution in [1.29, 1.82) is 0 Å². The van der Waals surface area contributed by atoms with Gasteiger partial charge in [0.1, 0.15) is 11.6 Å². The van der Waals surface area contributed by atoms with E-state index in [4.69, 9.17) is 9.47 Å². The Labute approximate surface area is 220 Å². The third-order valence-electron chi connectivity index (χ3n) is 7.78. The molecule has 2 amide bonds. The molecule has 1 aliphatic carbocycles. The molecule has 3 aromatic carbocycles. The molecule has 0 aromatic heterocycles. The molecule has 6 nitrogen and oxygen atoms in total. The van der Waals surface area contributed by atoms with Gasteiger partial charge in [-0.15, -0.1) is 0 Å². The molecule has 8 heteroatoms. The van der Waals surface area contributed by atoms with Crippen molar-refractivity contribution in [2.75, 3.05) is 27.3 Å². The molecule has 2 aliphatic rings. The van der Waals surface area contributed by atoms with Crippen molar-refractivity contribution in [1.82, 2.24) is 10.2 Å². The fourth-order valence-electron chi connectivity index (χ4n) is 5.29. The summed E-state index contributed by atoms with van der Waals surface area (Å²) in [6.45, 7) is 1.20. The third-order valence-corrected chi connectivity index (χ3v) is 7.78. The van der Waals surface area contributed by atoms with Gasteiger partial charge in [-0.1, -0.05) is 24.3 Å². The number of piperidine rings is 1. The third kappa shape index (κ3) is 5.21. The Bertz CT molecular complexity index is 1330. The van der Waals surface area contributed by atoms with Crippen LogP contribution in [0.5, 0.6) is 11.5 Å². The molecular weight excluding hydrogens is 490 g/mol. The van der Waals surface area contributed by atoms with Crippen molar-refractivity contribution in [2.24, 2.45) is 5.41 Å². The summed E-state index contributed by atoms with van der Waals surface area (Å²) in [5.41, 5.74) is 2.51. The molecule has 1 unspecified atom stereocenters. The normalized spacial score (nSPS) is 17.7. The first-order chi connectivity index (χ1) is 18.3. The van der Waals surface area contributed by atoms with Crippen LogP contribution in [-0.4, -0.2) is 50.1 Å². The lowest BCUT2D eigenvalue weighted by atomic mass is 9.92. The van der Waals surface area contributed by atoms with E-state index in [1.165, 1.54) is 38.5 Å². The van der Waals surface area contributed by atoms with Crippen LogP contribution in [0.1, 0.15) is 51.1 Å². The lowest BCUT2D eigenvalue weighted by Crippen LogP contribution is -2.41. The minimum absolute atomic E-state index is 0.0139. The van der Waals surface area contributed by atoms with E-state index in [0.29, 0.717) is 30.8 Å². The van der Waals surface area contributed by atoms with Gasteiger partial charge in [-0.05, 0) is 72.6 Å².